The molecule has 1 unspecified atom stereocenters. The molecule has 17 heavy (non-hydrogen) atoms. The number of halogens is 5. The molecule has 0 fully saturated rings. The van der Waals surface area contributed by atoms with Crippen molar-refractivity contribution in [3.63, 3.8) is 0 Å². The maximum atomic E-state index is 13.2. The van der Waals surface area contributed by atoms with Crippen LogP contribution in [0.2, 0.25) is 0 Å². The Kier molecular flexibility index (Phi) is 4.14. The quantitative estimate of drug-likeness (QED) is 0.459. The van der Waals surface area contributed by atoms with Gasteiger partial charge in [-0.05, 0) is 12.5 Å². The van der Waals surface area contributed by atoms with Gasteiger partial charge in [0.05, 0.1) is 5.38 Å². The highest BCUT2D eigenvalue weighted by Gasteiger charge is 2.39. The summed E-state index contributed by atoms with van der Waals surface area (Å²) in [5.41, 5.74) is -2.27. The van der Waals surface area contributed by atoms with Crippen LogP contribution in [-0.4, -0.2) is 11.2 Å². The van der Waals surface area contributed by atoms with Gasteiger partial charge in [0.2, 0.25) is 0 Å². The molecule has 0 amide bonds. The standard InChI is InChI=1S/C11H9ClF4O/c1-2-7(12)10(17)6-4-3-5-8(13)9(6)11(14,15)16/h3-5,7H,2H2,1H3. The van der Waals surface area contributed by atoms with Gasteiger partial charge in [-0.25, -0.2) is 4.39 Å². The van der Waals surface area contributed by atoms with E-state index in [0.717, 1.165) is 12.1 Å². The third-order valence-corrected chi connectivity index (χ3v) is 2.71. The number of carbonyl (C=O) groups excluding carboxylic acids is 1. The fraction of sp³-hybridized carbons (Fsp3) is 0.364. The lowest BCUT2D eigenvalue weighted by molar-refractivity contribution is -0.140. The number of rotatable bonds is 3. The zero-order chi connectivity index (χ0) is 13.2. The van der Waals surface area contributed by atoms with E-state index in [1.165, 1.54) is 0 Å². The average Bonchev–Trinajstić information content (AvgIpc) is 2.24. The molecule has 0 saturated carbocycles. The van der Waals surface area contributed by atoms with Gasteiger partial charge in [0, 0.05) is 5.56 Å². The third kappa shape index (κ3) is 2.97. The summed E-state index contributed by atoms with van der Waals surface area (Å²) in [5.74, 6) is -2.38. The van der Waals surface area contributed by atoms with Crippen LogP contribution in [0.15, 0.2) is 18.2 Å². The molecule has 1 aromatic rings. The van der Waals surface area contributed by atoms with Crippen molar-refractivity contribution in [3.05, 3.63) is 35.1 Å². The summed E-state index contributed by atoms with van der Waals surface area (Å²) >= 11 is 5.59. The van der Waals surface area contributed by atoms with Crippen LogP contribution < -0.4 is 0 Å². The van der Waals surface area contributed by atoms with E-state index >= 15 is 0 Å². The predicted molar refractivity (Wildman–Crippen MR) is 55.7 cm³/mol. The number of benzene rings is 1. The molecule has 1 nitrogen and oxygen atoms in total. The van der Waals surface area contributed by atoms with Crippen molar-refractivity contribution < 1.29 is 22.4 Å². The van der Waals surface area contributed by atoms with Gasteiger partial charge in [0.25, 0.3) is 0 Å². The molecule has 1 aromatic carbocycles. The molecule has 1 atom stereocenters. The van der Waals surface area contributed by atoms with Crippen LogP contribution in [0, 0.1) is 5.82 Å². The highest BCUT2D eigenvalue weighted by Crippen LogP contribution is 2.35. The minimum Gasteiger partial charge on any atom is -0.292 e. The molecule has 0 aliphatic rings. The highest BCUT2D eigenvalue weighted by atomic mass is 35.5. The van der Waals surface area contributed by atoms with Crippen LogP contribution in [0.3, 0.4) is 0 Å². The summed E-state index contributed by atoms with van der Waals surface area (Å²) in [6.07, 6.45) is -4.74. The molecule has 0 aliphatic carbocycles. The molecule has 94 valence electrons. The number of hydrogen-bond donors (Lipinski definition) is 0. The van der Waals surface area contributed by atoms with Gasteiger partial charge in [0.1, 0.15) is 11.4 Å². The first kappa shape index (κ1) is 14.0. The van der Waals surface area contributed by atoms with Gasteiger partial charge >= 0.3 is 6.18 Å². The summed E-state index contributed by atoms with van der Waals surface area (Å²) in [5, 5.41) is -1.09. The van der Waals surface area contributed by atoms with E-state index in [4.69, 9.17) is 11.6 Å². The van der Waals surface area contributed by atoms with E-state index in [0.29, 0.717) is 6.07 Å². The molecule has 0 aliphatic heterocycles. The van der Waals surface area contributed by atoms with Crippen LogP contribution in [-0.2, 0) is 6.18 Å². The van der Waals surface area contributed by atoms with Crippen LogP contribution in [0.4, 0.5) is 17.6 Å². The molecule has 0 aromatic heterocycles. The maximum Gasteiger partial charge on any atom is 0.419 e. The maximum absolute atomic E-state index is 13.2. The second kappa shape index (κ2) is 5.04. The molecule has 6 heteroatoms. The lowest BCUT2D eigenvalue weighted by atomic mass is 9.99. The van der Waals surface area contributed by atoms with E-state index in [1.54, 1.807) is 6.92 Å². The summed E-state index contributed by atoms with van der Waals surface area (Å²) in [6.45, 7) is 1.56. The van der Waals surface area contributed by atoms with Crippen molar-refractivity contribution in [1.82, 2.24) is 0 Å². The van der Waals surface area contributed by atoms with E-state index in [1.807, 2.05) is 0 Å². The van der Waals surface area contributed by atoms with E-state index in [9.17, 15) is 22.4 Å². The summed E-state index contributed by atoms with van der Waals surface area (Å²) in [6, 6.07) is 2.64. The average molecular weight is 269 g/mol. The molecule has 0 heterocycles. The molecule has 0 radical (unpaired) electrons. The second-order valence-corrected chi connectivity index (χ2v) is 3.93. The van der Waals surface area contributed by atoms with Gasteiger partial charge in [-0.2, -0.15) is 13.2 Å². The molecule has 0 N–H and O–H groups in total. The Bertz CT molecular complexity index is 428. The number of Topliss-reactive ketones (excluding diaryl/α,β-unsaturated/α-hetero) is 1. The van der Waals surface area contributed by atoms with Crippen LogP contribution >= 0.6 is 11.6 Å². The molecule has 0 spiro atoms. The Labute approximate surface area is 100 Å². The first-order chi connectivity index (χ1) is 7.79. The van der Waals surface area contributed by atoms with Gasteiger partial charge in [0.15, 0.2) is 5.78 Å². The number of carbonyl (C=O) groups is 1. The smallest absolute Gasteiger partial charge is 0.292 e. The Morgan fingerprint density at radius 2 is 2.00 bits per heavy atom. The normalized spacial score (nSPS) is 13.5. The molecular formula is C11H9ClF4O. The summed E-state index contributed by atoms with van der Waals surface area (Å²) < 4.78 is 51.0. The molecule has 0 saturated heterocycles. The monoisotopic (exact) mass is 268 g/mol. The summed E-state index contributed by atoms with van der Waals surface area (Å²) in [4.78, 5) is 11.6. The predicted octanol–water partition coefficient (Wildman–Crippen LogP) is 4.04. The van der Waals surface area contributed by atoms with Crippen LogP contribution in [0.5, 0.6) is 0 Å². The van der Waals surface area contributed by atoms with Gasteiger partial charge in [-0.15, -0.1) is 11.6 Å². The zero-order valence-electron chi connectivity index (χ0n) is 8.81. The van der Waals surface area contributed by atoms with Crippen molar-refractivity contribution in [1.29, 1.82) is 0 Å². The second-order valence-electron chi connectivity index (χ2n) is 3.40. The minimum atomic E-state index is -4.92. The number of ketones is 1. The van der Waals surface area contributed by atoms with Crippen molar-refractivity contribution in [2.24, 2.45) is 0 Å². The third-order valence-electron chi connectivity index (χ3n) is 2.21. The Balaban J connectivity index is 3.35. The largest absolute Gasteiger partial charge is 0.419 e. The summed E-state index contributed by atoms with van der Waals surface area (Å²) in [7, 11) is 0. The van der Waals surface area contributed by atoms with Gasteiger partial charge in [-0.1, -0.05) is 19.1 Å². The highest BCUT2D eigenvalue weighted by molar-refractivity contribution is 6.34. The van der Waals surface area contributed by atoms with E-state index in [2.05, 4.69) is 0 Å². The Morgan fingerprint density at radius 1 is 1.41 bits per heavy atom. The lowest BCUT2D eigenvalue weighted by Crippen LogP contribution is -2.21. The first-order valence-electron chi connectivity index (χ1n) is 4.83. The Hall–Kier alpha value is -1.10. The SMILES string of the molecule is CCC(Cl)C(=O)c1cccc(F)c1C(F)(F)F. The topological polar surface area (TPSA) is 17.1 Å². The van der Waals surface area contributed by atoms with E-state index in [-0.39, 0.29) is 6.42 Å². The van der Waals surface area contributed by atoms with Gasteiger partial charge in [-0.3, -0.25) is 4.79 Å². The molecule has 1 rings (SSSR count). The van der Waals surface area contributed by atoms with Crippen molar-refractivity contribution in [2.75, 3.05) is 0 Å². The minimum absolute atomic E-state index is 0.175. The molecule has 0 bridgehead atoms. The Morgan fingerprint density at radius 3 is 2.47 bits per heavy atom. The fourth-order valence-corrected chi connectivity index (χ4v) is 1.49. The van der Waals surface area contributed by atoms with Gasteiger partial charge < -0.3 is 0 Å². The molecular weight excluding hydrogens is 260 g/mol. The number of hydrogen-bond acceptors (Lipinski definition) is 1. The first-order valence-corrected chi connectivity index (χ1v) is 5.26. The zero-order valence-corrected chi connectivity index (χ0v) is 9.57. The fourth-order valence-electron chi connectivity index (χ4n) is 1.37. The van der Waals surface area contributed by atoms with E-state index < -0.39 is 34.3 Å². The lowest BCUT2D eigenvalue weighted by Gasteiger charge is -2.14. The van der Waals surface area contributed by atoms with Crippen LogP contribution in [0.1, 0.15) is 29.3 Å². The number of alkyl halides is 4. The van der Waals surface area contributed by atoms with Crippen molar-refractivity contribution >= 4 is 17.4 Å². The van der Waals surface area contributed by atoms with Crippen molar-refractivity contribution in [2.45, 2.75) is 24.9 Å². The van der Waals surface area contributed by atoms with Crippen molar-refractivity contribution in [3.8, 4) is 0 Å². The van der Waals surface area contributed by atoms with Crippen LogP contribution in [0.25, 0.3) is 0 Å².